The zero-order valence-corrected chi connectivity index (χ0v) is 31.1. The molecule has 3 aromatic carbocycles. The number of para-hydroxylation sites is 1. The summed E-state index contributed by atoms with van der Waals surface area (Å²) in [5.41, 5.74) is 3.21. The molecule has 0 aromatic heterocycles. The Labute approximate surface area is 298 Å². The number of benzene rings is 3. The van der Waals surface area contributed by atoms with Gasteiger partial charge >= 0.3 is 0 Å². The molecule has 0 unspecified atom stereocenters. The number of hydrogen-bond donors (Lipinski definition) is 3. The number of carbonyl (C=O) groups is 2. The fraction of sp³-hybridized carbons (Fsp3) is 0.429. The maximum Gasteiger partial charge on any atom is 0.261 e. The van der Waals surface area contributed by atoms with E-state index in [1.54, 1.807) is 12.1 Å². The smallest absolute Gasteiger partial charge is 0.261 e. The van der Waals surface area contributed by atoms with E-state index in [1.165, 1.54) is 4.90 Å². The molecule has 50 heavy (non-hydrogen) atoms. The number of nitrogens with zero attached hydrogens (tertiary/aromatic N) is 1. The summed E-state index contributed by atoms with van der Waals surface area (Å²) >= 11 is 0. The van der Waals surface area contributed by atoms with Crippen LogP contribution in [0.4, 0.5) is 0 Å². The molecule has 4 atom stereocenters. The van der Waals surface area contributed by atoms with Crippen molar-refractivity contribution in [2.24, 2.45) is 17.8 Å². The van der Waals surface area contributed by atoms with Crippen LogP contribution in [0.5, 0.6) is 5.75 Å². The van der Waals surface area contributed by atoms with E-state index in [9.17, 15) is 24.9 Å². The molecule has 1 saturated heterocycles. The summed E-state index contributed by atoms with van der Waals surface area (Å²) in [6, 6.07) is 27.9. The van der Waals surface area contributed by atoms with Gasteiger partial charge in [0.15, 0.2) is 0 Å². The number of phenols is 1. The van der Waals surface area contributed by atoms with E-state index in [2.05, 4.69) is 45.0 Å². The third kappa shape index (κ3) is 7.31. The maximum absolute atomic E-state index is 13.8. The van der Waals surface area contributed by atoms with Gasteiger partial charge in [0.25, 0.3) is 8.32 Å². The first-order chi connectivity index (χ1) is 24.0. The summed E-state index contributed by atoms with van der Waals surface area (Å²) in [6.45, 7) is 10.8. The van der Waals surface area contributed by atoms with Crippen LogP contribution in [0.25, 0.3) is 6.08 Å². The van der Waals surface area contributed by atoms with Gasteiger partial charge in [-0.05, 0) is 64.7 Å². The predicted octanol–water partition coefficient (Wildman–Crippen LogP) is 6.22. The lowest BCUT2D eigenvalue weighted by Gasteiger charge is -2.44. The Morgan fingerprint density at radius 3 is 2.08 bits per heavy atom. The van der Waals surface area contributed by atoms with Gasteiger partial charge in [-0.1, -0.05) is 125 Å². The van der Waals surface area contributed by atoms with Crippen LogP contribution in [0, 0.1) is 17.8 Å². The third-order valence-corrected chi connectivity index (χ3v) is 15.6. The normalized spacial score (nSPS) is 20.7. The molecule has 1 fully saturated rings. The van der Waals surface area contributed by atoms with E-state index in [-0.39, 0.29) is 35.8 Å². The summed E-state index contributed by atoms with van der Waals surface area (Å²) in [5, 5.41) is 35.4. The topological polar surface area (TPSA) is 107 Å². The minimum atomic E-state index is -2.98. The predicted molar refractivity (Wildman–Crippen MR) is 201 cm³/mol. The molecule has 8 heteroatoms. The SMILES string of the molecule is CCCN1C(=O)[C@@H]2[C@@H](CC(CO[Si](c3ccccc3)(c3ccccc3)C(C)(C)C)=C([C@H](O)CC/C(=C/c3ccccc3O)CC)[C@@H]2CO)C1=O. The maximum atomic E-state index is 13.8. The number of hydrogen-bond acceptors (Lipinski definition) is 6. The summed E-state index contributed by atoms with van der Waals surface area (Å²) in [4.78, 5) is 28.9. The summed E-state index contributed by atoms with van der Waals surface area (Å²) < 4.78 is 7.34. The Hall–Kier alpha value is -3.82. The molecule has 1 aliphatic heterocycles. The second kappa shape index (κ2) is 16.0. The lowest BCUT2D eigenvalue weighted by molar-refractivity contribution is -0.140. The molecule has 3 N–H and O–H groups in total. The van der Waals surface area contributed by atoms with Crippen molar-refractivity contribution in [3.05, 3.63) is 107 Å². The first kappa shape index (κ1) is 37.4. The van der Waals surface area contributed by atoms with E-state index in [0.29, 0.717) is 37.8 Å². The highest BCUT2D eigenvalue weighted by atomic mass is 28.4. The van der Waals surface area contributed by atoms with Crippen molar-refractivity contribution < 1.29 is 29.3 Å². The van der Waals surface area contributed by atoms with Gasteiger partial charge in [-0.25, -0.2) is 0 Å². The number of amides is 2. The molecular formula is C42H53NO6Si. The first-order valence-electron chi connectivity index (χ1n) is 18.1. The Balaban J connectivity index is 1.58. The average molecular weight is 696 g/mol. The van der Waals surface area contributed by atoms with Gasteiger partial charge in [-0.2, -0.15) is 0 Å². The summed E-state index contributed by atoms with van der Waals surface area (Å²) in [7, 11) is -2.98. The van der Waals surface area contributed by atoms with Gasteiger partial charge in [0.1, 0.15) is 5.75 Å². The second-order valence-corrected chi connectivity index (χ2v) is 19.0. The van der Waals surface area contributed by atoms with Crippen molar-refractivity contribution in [3.8, 4) is 5.75 Å². The number of allylic oxidation sites excluding steroid dienone is 1. The fourth-order valence-corrected chi connectivity index (χ4v) is 12.8. The van der Waals surface area contributed by atoms with E-state index in [1.807, 2.05) is 68.5 Å². The highest BCUT2D eigenvalue weighted by Gasteiger charge is 2.55. The molecule has 0 spiro atoms. The Morgan fingerprint density at radius 1 is 0.940 bits per heavy atom. The van der Waals surface area contributed by atoms with Crippen LogP contribution in [-0.4, -0.2) is 66.2 Å². The zero-order chi connectivity index (χ0) is 36.1. The summed E-state index contributed by atoms with van der Waals surface area (Å²) in [6.07, 6.45) is 3.59. The van der Waals surface area contributed by atoms with Crippen molar-refractivity contribution in [3.63, 3.8) is 0 Å². The molecule has 2 amide bonds. The highest BCUT2D eigenvalue weighted by molar-refractivity contribution is 6.99. The number of phenolic OH excluding ortho intramolecular Hbond substituents is 1. The molecule has 1 heterocycles. The Morgan fingerprint density at radius 2 is 1.54 bits per heavy atom. The molecule has 0 radical (unpaired) electrons. The van der Waals surface area contributed by atoms with Crippen LogP contribution in [0.3, 0.4) is 0 Å². The lowest BCUT2D eigenvalue weighted by atomic mass is 9.68. The molecule has 7 nitrogen and oxygen atoms in total. The van der Waals surface area contributed by atoms with Crippen LogP contribution >= 0.6 is 0 Å². The van der Waals surface area contributed by atoms with Crippen molar-refractivity contribution in [1.29, 1.82) is 0 Å². The monoisotopic (exact) mass is 695 g/mol. The van der Waals surface area contributed by atoms with E-state index < -0.39 is 32.2 Å². The summed E-state index contributed by atoms with van der Waals surface area (Å²) in [5.74, 6) is -2.28. The quantitative estimate of drug-likeness (QED) is 0.105. The highest BCUT2D eigenvalue weighted by Crippen LogP contribution is 2.47. The van der Waals surface area contributed by atoms with Gasteiger partial charge in [0, 0.05) is 18.0 Å². The number of rotatable bonds is 14. The van der Waals surface area contributed by atoms with Gasteiger partial charge in [0.2, 0.25) is 11.8 Å². The number of aromatic hydroxyl groups is 1. The molecule has 0 saturated carbocycles. The van der Waals surface area contributed by atoms with Crippen LogP contribution in [0.15, 0.2) is 102 Å². The molecule has 5 rings (SSSR count). The first-order valence-corrected chi connectivity index (χ1v) is 20.0. The largest absolute Gasteiger partial charge is 0.507 e. The number of aliphatic hydroxyl groups is 2. The molecule has 1 aliphatic carbocycles. The van der Waals surface area contributed by atoms with Crippen LogP contribution in [-0.2, 0) is 14.0 Å². The van der Waals surface area contributed by atoms with Crippen LogP contribution < -0.4 is 10.4 Å². The van der Waals surface area contributed by atoms with Gasteiger partial charge < -0.3 is 19.7 Å². The number of fused-ring (bicyclic) bond motifs is 1. The molecule has 2 aliphatic rings. The number of likely N-dealkylation sites (tertiary alicyclic amines) is 1. The Bertz CT molecular complexity index is 1660. The lowest BCUT2D eigenvalue weighted by Crippen LogP contribution is -2.66. The van der Waals surface area contributed by atoms with Crippen molar-refractivity contribution in [1.82, 2.24) is 4.90 Å². The van der Waals surface area contributed by atoms with Crippen molar-refractivity contribution in [2.75, 3.05) is 19.8 Å². The van der Waals surface area contributed by atoms with Gasteiger partial charge in [-0.3, -0.25) is 14.5 Å². The zero-order valence-electron chi connectivity index (χ0n) is 30.1. The number of aliphatic hydroxyl groups excluding tert-OH is 2. The van der Waals surface area contributed by atoms with E-state index in [0.717, 1.165) is 33.5 Å². The van der Waals surface area contributed by atoms with Gasteiger partial charge in [-0.15, -0.1) is 0 Å². The second-order valence-electron chi connectivity index (χ2n) is 14.7. The van der Waals surface area contributed by atoms with E-state index >= 15 is 0 Å². The van der Waals surface area contributed by atoms with E-state index in [4.69, 9.17) is 4.43 Å². The van der Waals surface area contributed by atoms with Crippen molar-refractivity contribution >= 4 is 36.6 Å². The Kier molecular flexibility index (Phi) is 12.0. The number of carbonyl (C=O) groups excluding carboxylic acids is 2. The average Bonchev–Trinajstić information content (AvgIpc) is 3.35. The minimum absolute atomic E-state index is 0.170. The molecule has 3 aromatic rings. The van der Waals surface area contributed by atoms with Crippen LogP contribution in [0.2, 0.25) is 5.04 Å². The van der Waals surface area contributed by atoms with Crippen molar-refractivity contribution in [2.45, 2.75) is 77.9 Å². The third-order valence-electron chi connectivity index (χ3n) is 10.6. The van der Waals surface area contributed by atoms with Gasteiger partial charge in [0.05, 0.1) is 31.2 Å². The fourth-order valence-electron chi connectivity index (χ4n) is 8.22. The molecular weight excluding hydrogens is 643 g/mol. The van der Waals surface area contributed by atoms with Crippen LogP contribution in [0.1, 0.15) is 72.3 Å². The standard InChI is InChI=1S/C42H53NO6Si/c1-6-24-43-40(47)34-26-31(28-49-50(42(3,4)5,32-17-10-8-11-18-32)33-19-12-9-13-20-33)38(35(27-44)39(34)41(43)48)37(46)23-22-29(7-2)25-30-16-14-15-21-36(30)45/h8-21,25,34-35,37,39,44-46H,6-7,22-24,26-28H2,1-5H3/b29-25+/t34-,35+,37-,39-/m1/s1. The molecule has 0 bridgehead atoms. The number of imide groups is 1. The minimum Gasteiger partial charge on any atom is -0.507 e. The molecule has 266 valence electrons.